The van der Waals surface area contributed by atoms with Gasteiger partial charge in [-0.05, 0) is 119 Å². The number of amides is 1. The molecule has 0 N–H and O–H groups in total. The quantitative estimate of drug-likeness (QED) is 0.297. The number of fused-ring (bicyclic) bond motifs is 1. The van der Waals surface area contributed by atoms with Crippen LogP contribution in [0.2, 0.25) is 0 Å². The Morgan fingerprint density at radius 3 is 2.35 bits per heavy atom. The van der Waals surface area contributed by atoms with Gasteiger partial charge in [0.1, 0.15) is 5.84 Å². The number of hydrogen-bond acceptors (Lipinski definition) is 5. The van der Waals surface area contributed by atoms with Crippen LogP contribution in [-0.2, 0) is 19.3 Å². The molecule has 0 saturated heterocycles. The van der Waals surface area contributed by atoms with Crippen molar-refractivity contribution < 1.29 is 14.3 Å². The molecule has 1 amide bonds. The van der Waals surface area contributed by atoms with E-state index in [1.54, 1.807) is 19.1 Å². The molecule has 0 spiro atoms. The predicted molar refractivity (Wildman–Crippen MR) is 164 cm³/mol. The van der Waals surface area contributed by atoms with E-state index in [0.717, 1.165) is 93.5 Å². The summed E-state index contributed by atoms with van der Waals surface area (Å²) in [5.41, 5.74) is 5.94. The van der Waals surface area contributed by atoms with Crippen molar-refractivity contribution in [3.8, 4) is 11.5 Å². The van der Waals surface area contributed by atoms with Crippen molar-refractivity contribution in [3.63, 3.8) is 0 Å². The van der Waals surface area contributed by atoms with Gasteiger partial charge in [0.2, 0.25) is 0 Å². The lowest BCUT2D eigenvalue weighted by atomic mass is 9.86. The van der Waals surface area contributed by atoms with Gasteiger partial charge in [-0.3, -0.25) is 4.79 Å². The summed E-state index contributed by atoms with van der Waals surface area (Å²) in [6, 6.07) is 12.4. The number of nitrogens with zero attached hydrogens (tertiary/aromatic N) is 3. The van der Waals surface area contributed by atoms with Gasteiger partial charge in [0.05, 0.1) is 14.2 Å². The lowest BCUT2D eigenvalue weighted by Crippen LogP contribution is -2.26. The summed E-state index contributed by atoms with van der Waals surface area (Å²) >= 11 is 0. The number of methoxy groups -OCH3 is 2. The molecule has 6 nitrogen and oxygen atoms in total. The van der Waals surface area contributed by atoms with Crippen LogP contribution in [0.1, 0.15) is 85.3 Å². The number of carbonyl (C=O) groups excluding carboxylic acids is 1. The average Bonchev–Trinajstić information content (AvgIpc) is 2.96. The number of ether oxygens (including phenoxy) is 2. The first-order valence-corrected chi connectivity index (χ1v) is 14.9. The third-order valence-corrected chi connectivity index (χ3v) is 8.16. The molecule has 0 saturated carbocycles. The number of aliphatic imine (C=N–C) groups is 2. The van der Waals surface area contributed by atoms with Crippen LogP contribution in [0.15, 0.2) is 58.2 Å². The zero-order valence-electron chi connectivity index (χ0n) is 24.7. The van der Waals surface area contributed by atoms with E-state index in [1.807, 2.05) is 26.1 Å². The van der Waals surface area contributed by atoms with Crippen molar-refractivity contribution in [2.75, 3.05) is 27.8 Å². The maximum absolute atomic E-state index is 12.3. The van der Waals surface area contributed by atoms with Crippen molar-refractivity contribution in [3.05, 3.63) is 70.4 Å². The average molecular weight is 544 g/mol. The molecule has 1 unspecified atom stereocenters. The molecule has 1 atom stereocenters. The topological polar surface area (TPSA) is 63.5 Å². The molecule has 2 aromatic rings. The van der Waals surface area contributed by atoms with Crippen LogP contribution < -0.4 is 9.47 Å². The van der Waals surface area contributed by atoms with Crippen molar-refractivity contribution in [1.82, 2.24) is 4.90 Å². The van der Waals surface area contributed by atoms with Crippen molar-refractivity contribution in [1.29, 1.82) is 0 Å². The summed E-state index contributed by atoms with van der Waals surface area (Å²) in [6.07, 6.45) is 15.8. The van der Waals surface area contributed by atoms with Crippen molar-refractivity contribution in [2.45, 2.75) is 77.6 Å². The molecule has 0 fully saturated rings. The number of aryl methyl sites for hydroxylation is 3. The van der Waals surface area contributed by atoms with Gasteiger partial charge in [-0.1, -0.05) is 18.2 Å². The number of unbranched alkanes of at least 4 members (excludes halogenated alkanes) is 1. The highest BCUT2D eigenvalue weighted by Gasteiger charge is 2.21. The Labute approximate surface area is 240 Å². The summed E-state index contributed by atoms with van der Waals surface area (Å²) in [7, 11) is 5.24. The maximum Gasteiger partial charge on any atom is 0.253 e. The number of benzene rings is 2. The van der Waals surface area contributed by atoms with E-state index in [-0.39, 0.29) is 5.91 Å². The minimum atomic E-state index is 0.0788. The van der Waals surface area contributed by atoms with Gasteiger partial charge in [-0.25, -0.2) is 9.98 Å². The van der Waals surface area contributed by atoms with E-state index in [1.165, 1.54) is 22.4 Å². The molecular formula is C34H45N3O3. The lowest BCUT2D eigenvalue weighted by Gasteiger charge is -2.23. The van der Waals surface area contributed by atoms with Gasteiger partial charge in [0.15, 0.2) is 11.5 Å². The van der Waals surface area contributed by atoms with Gasteiger partial charge in [-0.15, -0.1) is 0 Å². The first-order valence-electron chi connectivity index (χ1n) is 14.9. The molecule has 0 aromatic heterocycles. The van der Waals surface area contributed by atoms with E-state index in [0.29, 0.717) is 12.5 Å². The maximum atomic E-state index is 12.3. The van der Waals surface area contributed by atoms with Crippen molar-refractivity contribution >= 4 is 18.0 Å². The SMILES string of the molecule is CCN(C)C(=O)c1ccc(CCCC/C2=C/CCC=NC(C3CCCc4cc(OC)c(OC)cc4CC3)=N2)cc1. The van der Waals surface area contributed by atoms with Gasteiger partial charge in [0.25, 0.3) is 5.91 Å². The summed E-state index contributed by atoms with van der Waals surface area (Å²) in [4.78, 5) is 24.1. The van der Waals surface area contributed by atoms with E-state index < -0.39 is 0 Å². The van der Waals surface area contributed by atoms with Gasteiger partial charge >= 0.3 is 0 Å². The smallest absolute Gasteiger partial charge is 0.253 e. The number of allylic oxidation sites excluding steroid dienone is 2. The third kappa shape index (κ3) is 7.83. The van der Waals surface area contributed by atoms with E-state index >= 15 is 0 Å². The molecule has 1 aliphatic heterocycles. The van der Waals surface area contributed by atoms with Gasteiger partial charge in [-0.2, -0.15) is 0 Å². The highest BCUT2D eigenvalue weighted by molar-refractivity contribution is 5.94. The van der Waals surface area contributed by atoms with Crippen LogP contribution in [0.4, 0.5) is 0 Å². The molecule has 0 radical (unpaired) electrons. The summed E-state index contributed by atoms with van der Waals surface area (Å²) < 4.78 is 11.1. The highest BCUT2D eigenvalue weighted by atomic mass is 16.5. The van der Waals surface area contributed by atoms with E-state index in [9.17, 15) is 4.79 Å². The fourth-order valence-electron chi connectivity index (χ4n) is 5.57. The molecule has 214 valence electrons. The van der Waals surface area contributed by atoms with Gasteiger partial charge < -0.3 is 14.4 Å². The molecule has 1 heterocycles. The summed E-state index contributed by atoms with van der Waals surface area (Å²) in [5, 5.41) is 0. The molecular weight excluding hydrogens is 498 g/mol. The van der Waals surface area contributed by atoms with Crippen LogP contribution in [0.3, 0.4) is 0 Å². The first kappa shape index (κ1) is 29.6. The first-order chi connectivity index (χ1) is 19.5. The highest BCUT2D eigenvalue weighted by Crippen LogP contribution is 2.35. The number of amidine groups is 1. The fourth-order valence-corrected chi connectivity index (χ4v) is 5.57. The molecule has 0 bridgehead atoms. The molecule has 2 aliphatic rings. The Morgan fingerprint density at radius 1 is 0.950 bits per heavy atom. The standard InChI is InChI=1S/C34H45N3O3/c1-5-37(2)34(38)27-18-16-25(17-19-27)11-6-7-14-30-15-8-9-22-35-33(36-30)26-12-10-13-28-23-31(39-3)32(40-4)24-29(28)21-20-26/h15-19,22-24,26H,5-14,20-21H2,1-4H3/b30-15-,35-22?,36-33?. The minimum absolute atomic E-state index is 0.0788. The summed E-state index contributed by atoms with van der Waals surface area (Å²) in [5.74, 6) is 3.07. The largest absolute Gasteiger partial charge is 0.493 e. The molecule has 2 aromatic carbocycles. The molecule has 40 heavy (non-hydrogen) atoms. The third-order valence-electron chi connectivity index (χ3n) is 8.16. The Balaban J connectivity index is 1.34. The minimum Gasteiger partial charge on any atom is -0.493 e. The Hall–Kier alpha value is -3.41. The predicted octanol–water partition coefficient (Wildman–Crippen LogP) is 7.24. The van der Waals surface area contributed by atoms with Crippen LogP contribution in [-0.4, -0.2) is 50.7 Å². The Kier molecular flexibility index (Phi) is 11.0. The lowest BCUT2D eigenvalue weighted by molar-refractivity contribution is 0.0802. The monoisotopic (exact) mass is 543 g/mol. The molecule has 1 aliphatic carbocycles. The van der Waals surface area contributed by atoms with E-state index in [2.05, 4.69) is 36.6 Å². The second-order valence-electron chi connectivity index (χ2n) is 10.9. The Bertz CT molecular complexity index is 1230. The van der Waals surface area contributed by atoms with Crippen LogP contribution in [0.25, 0.3) is 0 Å². The van der Waals surface area contributed by atoms with Crippen LogP contribution >= 0.6 is 0 Å². The van der Waals surface area contributed by atoms with Crippen LogP contribution in [0.5, 0.6) is 11.5 Å². The fraction of sp³-hybridized carbons (Fsp3) is 0.500. The number of carbonyl (C=O) groups is 1. The molecule has 6 heteroatoms. The zero-order valence-corrected chi connectivity index (χ0v) is 24.7. The van der Waals surface area contributed by atoms with Crippen molar-refractivity contribution in [2.24, 2.45) is 15.9 Å². The zero-order chi connectivity index (χ0) is 28.3. The second kappa shape index (κ2) is 14.8. The van der Waals surface area contributed by atoms with Crippen LogP contribution in [0, 0.1) is 5.92 Å². The molecule has 4 rings (SSSR count). The second-order valence-corrected chi connectivity index (χ2v) is 10.9. The normalized spacial score (nSPS) is 18.6. The summed E-state index contributed by atoms with van der Waals surface area (Å²) in [6.45, 7) is 2.70. The van der Waals surface area contributed by atoms with E-state index in [4.69, 9.17) is 19.5 Å². The van der Waals surface area contributed by atoms with Gasteiger partial charge in [0, 0.05) is 37.0 Å². The number of rotatable bonds is 10. The number of hydrogen-bond donors (Lipinski definition) is 0. The Morgan fingerprint density at radius 2 is 1.65 bits per heavy atom.